The SMILES string of the molecule is C#CC(C)NC(c1ccc(O)cc1)c1ccc(Cl)cc1. The van der Waals surface area contributed by atoms with E-state index in [2.05, 4.69) is 11.2 Å². The Labute approximate surface area is 124 Å². The highest BCUT2D eigenvalue weighted by Crippen LogP contribution is 2.25. The Balaban J connectivity index is 2.36. The molecule has 0 aromatic heterocycles. The summed E-state index contributed by atoms with van der Waals surface area (Å²) < 4.78 is 0. The quantitative estimate of drug-likeness (QED) is 0.839. The fourth-order valence-corrected chi connectivity index (χ4v) is 2.13. The number of rotatable bonds is 4. The zero-order valence-corrected chi connectivity index (χ0v) is 11.9. The molecule has 0 radical (unpaired) electrons. The van der Waals surface area contributed by atoms with E-state index in [0.29, 0.717) is 5.02 Å². The molecule has 0 bridgehead atoms. The first-order valence-corrected chi connectivity index (χ1v) is 6.74. The summed E-state index contributed by atoms with van der Waals surface area (Å²) in [6.45, 7) is 1.93. The van der Waals surface area contributed by atoms with Gasteiger partial charge in [0.1, 0.15) is 5.75 Å². The van der Waals surface area contributed by atoms with E-state index < -0.39 is 0 Å². The molecule has 20 heavy (non-hydrogen) atoms. The van der Waals surface area contributed by atoms with Gasteiger partial charge in [0.15, 0.2) is 0 Å². The number of hydrogen-bond acceptors (Lipinski definition) is 2. The maximum atomic E-state index is 9.40. The summed E-state index contributed by atoms with van der Waals surface area (Å²) in [5, 5.41) is 13.5. The zero-order valence-electron chi connectivity index (χ0n) is 11.2. The highest BCUT2D eigenvalue weighted by molar-refractivity contribution is 6.30. The molecule has 2 unspecified atom stereocenters. The second-order valence-corrected chi connectivity index (χ2v) is 5.07. The van der Waals surface area contributed by atoms with Crippen LogP contribution < -0.4 is 5.32 Å². The normalized spacial score (nSPS) is 13.4. The largest absolute Gasteiger partial charge is 0.508 e. The summed E-state index contributed by atoms with van der Waals surface area (Å²) in [7, 11) is 0. The Morgan fingerprint density at radius 1 is 1.05 bits per heavy atom. The Morgan fingerprint density at radius 3 is 2.05 bits per heavy atom. The highest BCUT2D eigenvalue weighted by Gasteiger charge is 2.15. The fourth-order valence-electron chi connectivity index (χ4n) is 2.01. The third-order valence-corrected chi connectivity index (χ3v) is 3.35. The molecule has 0 amide bonds. The van der Waals surface area contributed by atoms with Crippen LogP contribution in [-0.2, 0) is 0 Å². The average Bonchev–Trinajstić information content (AvgIpc) is 2.46. The molecule has 0 heterocycles. The van der Waals surface area contributed by atoms with Crippen LogP contribution >= 0.6 is 11.6 Å². The molecule has 0 saturated carbocycles. The summed E-state index contributed by atoms with van der Waals surface area (Å²) in [4.78, 5) is 0. The van der Waals surface area contributed by atoms with Gasteiger partial charge in [0.25, 0.3) is 0 Å². The third kappa shape index (κ3) is 3.54. The van der Waals surface area contributed by atoms with Crippen LogP contribution in [0, 0.1) is 12.3 Å². The second-order valence-electron chi connectivity index (χ2n) is 4.63. The lowest BCUT2D eigenvalue weighted by molar-refractivity contribution is 0.474. The third-order valence-electron chi connectivity index (χ3n) is 3.10. The molecule has 2 nitrogen and oxygen atoms in total. The standard InChI is InChI=1S/C17H16ClNO/c1-3-12(2)19-17(13-4-8-15(18)9-5-13)14-6-10-16(20)11-7-14/h1,4-12,17,19-20H,2H3. The van der Waals surface area contributed by atoms with Gasteiger partial charge < -0.3 is 5.11 Å². The van der Waals surface area contributed by atoms with Crippen molar-refractivity contribution in [1.82, 2.24) is 5.32 Å². The molecule has 0 spiro atoms. The van der Waals surface area contributed by atoms with Crippen molar-refractivity contribution in [3.63, 3.8) is 0 Å². The molecular formula is C17H16ClNO. The topological polar surface area (TPSA) is 32.3 Å². The van der Waals surface area contributed by atoms with Crippen LogP contribution in [0.15, 0.2) is 48.5 Å². The van der Waals surface area contributed by atoms with Crippen molar-refractivity contribution in [3.05, 3.63) is 64.7 Å². The molecule has 2 N–H and O–H groups in total. The number of nitrogens with one attached hydrogen (secondary N) is 1. The molecule has 0 fully saturated rings. The number of halogens is 1. The van der Waals surface area contributed by atoms with Gasteiger partial charge >= 0.3 is 0 Å². The van der Waals surface area contributed by atoms with Crippen LogP contribution in [0.4, 0.5) is 0 Å². The van der Waals surface area contributed by atoms with Crippen molar-refractivity contribution in [1.29, 1.82) is 0 Å². The number of hydrogen-bond donors (Lipinski definition) is 2. The van der Waals surface area contributed by atoms with Crippen LogP contribution in [0.3, 0.4) is 0 Å². The first kappa shape index (κ1) is 14.5. The van der Waals surface area contributed by atoms with Gasteiger partial charge in [-0.25, -0.2) is 0 Å². The smallest absolute Gasteiger partial charge is 0.115 e. The van der Waals surface area contributed by atoms with E-state index in [1.807, 2.05) is 43.3 Å². The Hall–Kier alpha value is -1.95. The summed E-state index contributed by atoms with van der Waals surface area (Å²) in [6.07, 6.45) is 5.45. The molecule has 0 aliphatic carbocycles. The molecule has 2 rings (SSSR count). The van der Waals surface area contributed by atoms with Crippen LogP contribution in [0.1, 0.15) is 24.1 Å². The monoisotopic (exact) mass is 285 g/mol. The van der Waals surface area contributed by atoms with Gasteiger partial charge in [-0.2, -0.15) is 0 Å². The molecule has 0 aliphatic heterocycles. The highest BCUT2D eigenvalue weighted by atomic mass is 35.5. The van der Waals surface area contributed by atoms with Gasteiger partial charge in [-0.05, 0) is 42.3 Å². The predicted molar refractivity (Wildman–Crippen MR) is 82.8 cm³/mol. The van der Waals surface area contributed by atoms with Crippen LogP contribution in [0.25, 0.3) is 0 Å². The minimum absolute atomic E-state index is 0.0427. The number of phenolic OH excluding ortho intramolecular Hbond substituents is 1. The van der Waals surface area contributed by atoms with Crippen LogP contribution in [-0.4, -0.2) is 11.1 Å². The van der Waals surface area contributed by atoms with Crippen LogP contribution in [0.5, 0.6) is 5.75 Å². The molecule has 0 aliphatic rings. The van der Waals surface area contributed by atoms with Crippen molar-refractivity contribution in [2.75, 3.05) is 0 Å². The molecule has 2 aromatic rings. The fraction of sp³-hybridized carbons (Fsp3) is 0.176. The number of aromatic hydroxyl groups is 1. The molecule has 3 heteroatoms. The molecule has 102 valence electrons. The predicted octanol–water partition coefficient (Wildman–Crippen LogP) is 3.75. The van der Waals surface area contributed by atoms with Crippen molar-refractivity contribution in [2.45, 2.75) is 19.0 Å². The van der Waals surface area contributed by atoms with Crippen molar-refractivity contribution in [3.8, 4) is 18.1 Å². The number of phenols is 1. The lowest BCUT2D eigenvalue weighted by Crippen LogP contribution is -2.30. The lowest BCUT2D eigenvalue weighted by atomic mass is 9.98. The summed E-state index contributed by atoms with van der Waals surface area (Å²) in [6, 6.07) is 14.6. The van der Waals surface area contributed by atoms with Crippen molar-refractivity contribution < 1.29 is 5.11 Å². The van der Waals surface area contributed by atoms with Gasteiger partial charge in [0, 0.05) is 5.02 Å². The Kier molecular flexibility index (Phi) is 4.68. The van der Waals surface area contributed by atoms with Gasteiger partial charge in [-0.15, -0.1) is 6.42 Å². The molecule has 2 aromatic carbocycles. The van der Waals surface area contributed by atoms with E-state index in [0.717, 1.165) is 11.1 Å². The van der Waals surface area contributed by atoms with Crippen molar-refractivity contribution in [2.24, 2.45) is 0 Å². The van der Waals surface area contributed by atoms with E-state index >= 15 is 0 Å². The van der Waals surface area contributed by atoms with Gasteiger partial charge in [0.05, 0.1) is 12.1 Å². The summed E-state index contributed by atoms with van der Waals surface area (Å²) in [5.41, 5.74) is 2.11. The van der Waals surface area contributed by atoms with Crippen molar-refractivity contribution >= 4 is 11.6 Å². The summed E-state index contributed by atoms with van der Waals surface area (Å²) in [5.74, 6) is 2.92. The molecule has 0 saturated heterocycles. The van der Waals surface area contributed by atoms with Crippen LogP contribution in [0.2, 0.25) is 5.02 Å². The maximum absolute atomic E-state index is 9.40. The number of benzene rings is 2. The second kappa shape index (κ2) is 6.47. The lowest BCUT2D eigenvalue weighted by Gasteiger charge is -2.22. The first-order valence-electron chi connectivity index (χ1n) is 6.36. The zero-order chi connectivity index (χ0) is 14.5. The Morgan fingerprint density at radius 2 is 1.55 bits per heavy atom. The number of terminal acetylenes is 1. The van der Waals surface area contributed by atoms with Gasteiger partial charge in [-0.3, -0.25) is 5.32 Å². The molecular weight excluding hydrogens is 270 g/mol. The van der Waals surface area contributed by atoms with E-state index in [1.54, 1.807) is 12.1 Å². The van der Waals surface area contributed by atoms with Gasteiger partial charge in [0.2, 0.25) is 0 Å². The maximum Gasteiger partial charge on any atom is 0.115 e. The van der Waals surface area contributed by atoms with Gasteiger partial charge in [-0.1, -0.05) is 41.8 Å². The average molecular weight is 286 g/mol. The molecule has 2 atom stereocenters. The minimum atomic E-state index is -0.0653. The first-order chi connectivity index (χ1) is 9.60. The van der Waals surface area contributed by atoms with E-state index in [-0.39, 0.29) is 17.8 Å². The minimum Gasteiger partial charge on any atom is -0.508 e. The summed E-state index contributed by atoms with van der Waals surface area (Å²) >= 11 is 5.93. The van der Waals surface area contributed by atoms with E-state index in [1.165, 1.54) is 0 Å². The van der Waals surface area contributed by atoms with E-state index in [9.17, 15) is 5.11 Å². The Bertz CT molecular complexity index is 553. The van der Waals surface area contributed by atoms with E-state index in [4.69, 9.17) is 18.0 Å².